The summed E-state index contributed by atoms with van der Waals surface area (Å²) < 4.78 is 2.01. The molecule has 0 aliphatic carbocycles. The second kappa shape index (κ2) is 4.28. The van der Waals surface area contributed by atoms with E-state index >= 15 is 0 Å². The van der Waals surface area contributed by atoms with E-state index in [-0.39, 0.29) is 12.0 Å². The topological polar surface area (TPSA) is 25.2 Å². The van der Waals surface area contributed by atoms with Crippen molar-refractivity contribution in [1.82, 2.24) is 4.57 Å². The van der Waals surface area contributed by atoms with Gasteiger partial charge in [0.25, 0.3) is 0 Å². The molecule has 0 aliphatic heterocycles. The zero-order chi connectivity index (χ0) is 9.84. The van der Waals surface area contributed by atoms with Gasteiger partial charge in [0.05, 0.1) is 6.10 Å². The van der Waals surface area contributed by atoms with Crippen LogP contribution in [-0.4, -0.2) is 9.67 Å². The molecule has 2 heteroatoms. The van der Waals surface area contributed by atoms with Crippen molar-refractivity contribution < 1.29 is 5.11 Å². The minimum atomic E-state index is -0.355. The van der Waals surface area contributed by atoms with Crippen molar-refractivity contribution >= 4 is 0 Å². The average molecular weight is 179 g/mol. The quantitative estimate of drug-likeness (QED) is 0.705. The van der Waals surface area contributed by atoms with Gasteiger partial charge in [-0.05, 0) is 17.5 Å². The van der Waals surface area contributed by atoms with Crippen LogP contribution in [-0.2, 0) is 6.54 Å². The van der Waals surface area contributed by atoms with Crippen LogP contribution in [0.25, 0.3) is 0 Å². The highest BCUT2D eigenvalue weighted by molar-refractivity contribution is 5.14. The van der Waals surface area contributed by atoms with Crippen LogP contribution < -0.4 is 0 Å². The number of aliphatic hydroxyl groups excluding tert-OH is 1. The summed E-state index contributed by atoms with van der Waals surface area (Å²) in [5.41, 5.74) is 0.983. The maximum absolute atomic E-state index is 9.74. The number of aliphatic hydroxyl groups is 1. The molecule has 0 radical (unpaired) electrons. The molecule has 0 aromatic carbocycles. The first-order valence-electron chi connectivity index (χ1n) is 4.59. The Morgan fingerprint density at radius 3 is 2.85 bits per heavy atom. The second-order valence-corrected chi connectivity index (χ2v) is 3.62. The predicted molar refractivity (Wildman–Crippen MR) is 54.4 cm³/mol. The molecule has 1 aromatic heterocycles. The standard InChI is InChI=1S/C11H17NO/c1-4-6-12-7-5-10(8-12)11(13)9(2)3/h4-5,7-9,11,13H,1,6H2,2-3H3. The van der Waals surface area contributed by atoms with Crippen molar-refractivity contribution in [3.05, 3.63) is 36.7 Å². The lowest BCUT2D eigenvalue weighted by Crippen LogP contribution is -2.04. The first-order chi connectivity index (χ1) is 6.15. The number of nitrogens with zero attached hydrogens (tertiary/aromatic N) is 1. The van der Waals surface area contributed by atoms with Gasteiger partial charge in [-0.15, -0.1) is 6.58 Å². The second-order valence-electron chi connectivity index (χ2n) is 3.62. The fourth-order valence-electron chi connectivity index (χ4n) is 1.28. The Kier molecular flexibility index (Phi) is 3.32. The van der Waals surface area contributed by atoms with E-state index in [1.54, 1.807) is 0 Å². The SMILES string of the molecule is C=CCn1ccc(C(O)C(C)C)c1. The molecule has 1 N–H and O–H groups in total. The van der Waals surface area contributed by atoms with Crippen molar-refractivity contribution in [3.8, 4) is 0 Å². The molecule has 1 atom stereocenters. The van der Waals surface area contributed by atoms with Gasteiger partial charge < -0.3 is 9.67 Å². The van der Waals surface area contributed by atoms with Gasteiger partial charge in [0.1, 0.15) is 0 Å². The molecule has 1 aromatic rings. The maximum Gasteiger partial charge on any atom is 0.0827 e. The maximum atomic E-state index is 9.74. The molecule has 0 saturated heterocycles. The van der Waals surface area contributed by atoms with Crippen molar-refractivity contribution in [3.63, 3.8) is 0 Å². The van der Waals surface area contributed by atoms with Crippen LogP contribution in [0, 0.1) is 5.92 Å². The molecule has 0 bridgehead atoms. The van der Waals surface area contributed by atoms with E-state index in [0.29, 0.717) is 0 Å². The van der Waals surface area contributed by atoms with Gasteiger partial charge in [-0.25, -0.2) is 0 Å². The van der Waals surface area contributed by atoms with Crippen LogP contribution in [0.2, 0.25) is 0 Å². The smallest absolute Gasteiger partial charge is 0.0827 e. The molecule has 0 amide bonds. The zero-order valence-corrected chi connectivity index (χ0v) is 8.27. The fraction of sp³-hybridized carbons (Fsp3) is 0.455. The summed E-state index contributed by atoms with van der Waals surface area (Å²) in [4.78, 5) is 0. The van der Waals surface area contributed by atoms with E-state index in [9.17, 15) is 5.11 Å². The summed E-state index contributed by atoms with van der Waals surface area (Å²) in [6.07, 6.45) is 5.41. The molecule has 0 aliphatic rings. The van der Waals surface area contributed by atoms with Crippen molar-refractivity contribution in [2.45, 2.75) is 26.5 Å². The van der Waals surface area contributed by atoms with Crippen LogP contribution in [0.3, 0.4) is 0 Å². The van der Waals surface area contributed by atoms with Gasteiger partial charge in [0.15, 0.2) is 0 Å². The molecular weight excluding hydrogens is 162 g/mol. The third-order valence-corrected chi connectivity index (χ3v) is 2.09. The highest BCUT2D eigenvalue weighted by atomic mass is 16.3. The molecule has 0 saturated carbocycles. The van der Waals surface area contributed by atoms with Gasteiger partial charge in [-0.2, -0.15) is 0 Å². The summed E-state index contributed by atoms with van der Waals surface area (Å²) in [5, 5.41) is 9.74. The molecule has 2 nitrogen and oxygen atoms in total. The molecular formula is C11H17NO. The minimum Gasteiger partial charge on any atom is -0.388 e. The van der Waals surface area contributed by atoms with Crippen molar-refractivity contribution in [2.75, 3.05) is 0 Å². The predicted octanol–water partition coefficient (Wildman–Crippen LogP) is 2.36. The van der Waals surface area contributed by atoms with Gasteiger partial charge in [-0.1, -0.05) is 19.9 Å². The first kappa shape index (κ1) is 10.1. The van der Waals surface area contributed by atoms with Crippen LogP contribution in [0.1, 0.15) is 25.5 Å². The van der Waals surface area contributed by atoms with E-state index < -0.39 is 0 Å². The number of rotatable bonds is 4. The number of allylic oxidation sites excluding steroid dienone is 1. The lowest BCUT2D eigenvalue weighted by Gasteiger charge is -2.12. The Hall–Kier alpha value is -1.02. The summed E-state index contributed by atoms with van der Waals surface area (Å²) >= 11 is 0. The van der Waals surface area contributed by atoms with Crippen LogP contribution in [0.4, 0.5) is 0 Å². The van der Waals surface area contributed by atoms with Crippen LogP contribution in [0.5, 0.6) is 0 Å². The van der Waals surface area contributed by atoms with E-state index in [0.717, 1.165) is 12.1 Å². The molecule has 0 spiro atoms. The van der Waals surface area contributed by atoms with Gasteiger partial charge in [0, 0.05) is 18.9 Å². The van der Waals surface area contributed by atoms with E-state index in [1.807, 2.05) is 43.0 Å². The third kappa shape index (κ3) is 2.46. The van der Waals surface area contributed by atoms with Crippen molar-refractivity contribution in [2.24, 2.45) is 5.92 Å². The Balaban J connectivity index is 2.73. The van der Waals surface area contributed by atoms with Crippen LogP contribution in [0.15, 0.2) is 31.1 Å². The Bertz CT molecular complexity index is 275. The fourth-order valence-corrected chi connectivity index (χ4v) is 1.28. The summed E-state index contributed by atoms with van der Waals surface area (Å²) in [5.74, 6) is 0.264. The summed E-state index contributed by atoms with van der Waals surface area (Å²) in [6.45, 7) is 8.48. The lowest BCUT2D eigenvalue weighted by atomic mass is 10.0. The molecule has 0 fully saturated rings. The molecule has 1 heterocycles. The highest BCUT2D eigenvalue weighted by Gasteiger charge is 2.12. The van der Waals surface area contributed by atoms with Gasteiger partial charge in [-0.3, -0.25) is 0 Å². The summed E-state index contributed by atoms with van der Waals surface area (Å²) in [6, 6.07) is 1.95. The van der Waals surface area contributed by atoms with E-state index in [4.69, 9.17) is 0 Å². The Morgan fingerprint density at radius 2 is 2.31 bits per heavy atom. The Morgan fingerprint density at radius 1 is 1.62 bits per heavy atom. The van der Waals surface area contributed by atoms with E-state index in [2.05, 4.69) is 6.58 Å². The zero-order valence-electron chi connectivity index (χ0n) is 8.27. The van der Waals surface area contributed by atoms with E-state index in [1.165, 1.54) is 0 Å². The number of aromatic nitrogens is 1. The average Bonchev–Trinajstić information content (AvgIpc) is 2.52. The third-order valence-electron chi connectivity index (χ3n) is 2.09. The lowest BCUT2D eigenvalue weighted by molar-refractivity contribution is 0.127. The van der Waals surface area contributed by atoms with Crippen LogP contribution >= 0.6 is 0 Å². The molecule has 13 heavy (non-hydrogen) atoms. The number of hydrogen-bond donors (Lipinski definition) is 1. The van der Waals surface area contributed by atoms with Gasteiger partial charge >= 0.3 is 0 Å². The van der Waals surface area contributed by atoms with Crippen molar-refractivity contribution in [1.29, 1.82) is 0 Å². The molecule has 1 rings (SSSR count). The first-order valence-corrected chi connectivity index (χ1v) is 4.59. The number of hydrogen-bond acceptors (Lipinski definition) is 1. The van der Waals surface area contributed by atoms with Gasteiger partial charge in [0.2, 0.25) is 0 Å². The molecule has 1 unspecified atom stereocenters. The molecule has 72 valence electrons. The minimum absolute atomic E-state index is 0.264. The highest BCUT2D eigenvalue weighted by Crippen LogP contribution is 2.21. The summed E-state index contributed by atoms with van der Waals surface area (Å²) in [7, 11) is 0. The Labute approximate surface area is 79.5 Å². The monoisotopic (exact) mass is 179 g/mol. The largest absolute Gasteiger partial charge is 0.388 e. The normalized spacial score (nSPS) is 13.2.